The number of halogens is 1. The van der Waals surface area contributed by atoms with Crippen LogP contribution in [0, 0.1) is 5.92 Å². The number of sulfonamides is 1. The van der Waals surface area contributed by atoms with Gasteiger partial charge in [-0.05, 0) is 43.5 Å². The molecule has 0 atom stereocenters. The monoisotopic (exact) mass is 346 g/mol. The summed E-state index contributed by atoms with van der Waals surface area (Å²) in [6, 6.07) is 4.02. The molecule has 22 heavy (non-hydrogen) atoms. The number of nitrogens with zero attached hydrogens (tertiary/aromatic N) is 1. The predicted octanol–water partition coefficient (Wildman–Crippen LogP) is 1.49. The molecular formula is C14H19ClN2O4S. The van der Waals surface area contributed by atoms with Crippen molar-refractivity contribution in [2.45, 2.75) is 17.7 Å². The van der Waals surface area contributed by atoms with Gasteiger partial charge in [-0.25, -0.2) is 13.2 Å². The van der Waals surface area contributed by atoms with Crippen molar-refractivity contribution < 1.29 is 17.9 Å². The van der Waals surface area contributed by atoms with Crippen molar-refractivity contribution in [1.29, 1.82) is 0 Å². The smallest absolute Gasteiger partial charge is 0.337 e. The summed E-state index contributed by atoms with van der Waals surface area (Å²) in [6.07, 6.45) is 1.47. The van der Waals surface area contributed by atoms with Crippen LogP contribution in [0.15, 0.2) is 23.1 Å². The van der Waals surface area contributed by atoms with Crippen LogP contribution < -0.4 is 5.73 Å². The summed E-state index contributed by atoms with van der Waals surface area (Å²) in [4.78, 5) is 11.6. The number of esters is 1. The number of carbonyl (C=O) groups excluding carboxylic acids is 1. The average molecular weight is 347 g/mol. The number of hydrogen-bond donors (Lipinski definition) is 1. The Kier molecular flexibility index (Phi) is 5.44. The summed E-state index contributed by atoms with van der Waals surface area (Å²) in [5, 5.41) is 0.179. The SMILES string of the molecule is COC(=O)c1cc(Cl)cc(S(=O)(=O)N2CCC(CN)CC2)c1. The molecule has 0 spiro atoms. The lowest BCUT2D eigenvalue weighted by Crippen LogP contribution is -2.40. The van der Waals surface area contributed by atoms with E-state index >= 15 is 0 Å². The Hall–Kier alpha value is -1.15. The fourth-order valence-corrected chi connectivity index (χ4v) is 4.32. The Morgan fingerprint density at radius 3 is 2.55 bits per heavy atom. The van der Waals surface area contributed by atoms with Gasteiger partial charge in [-0.15, -0.1) is 0 Å². The molecule has 1 heterocycles. The maximum Gasteiger partial charge on any atom is 0.337 e. The molecule has 1 aliphatic heterocycles. The van der Waals surface area contributed by atoms with Crippen LogP contribution in [0.1, 0.15) is 23.2 Å². The first kappa shape index (κ1) is 17.2. The first-order valence-electron chi connectivity index (χ1n) is 6.97. The molecule has 1 aromatic carbocycles. The van der Waals surface area contributed by atoms with Gasteiger partial charge in [0.25, 0.3) is 0 Å². The van der Waals surface area contributed by atoms with Gasteiger partial charge in [0.05, 0.1) is 17.6 Å². The van der Waals surface area contributed by atoms with Crippen molar-refractivity contribution in [2.24, 2.45) is 11.7 Å². The lowest BCUT2D eigenvalue weighted by Gasteiger charge is -2.30. The molecule has 1 fully saturated rings. The molecule has 6 nitrogen and oxygen atoms in total. The topological polar surface area (TPSA) is 89.7 Å². The zero-order valence-electron chi connectivity index (χ0n) is 12.3. The second-order valence-electron chi connectivity index (χ2n) is 5.25. The Balaban J connectivity index is 2.30. The van der Waals surface area contributed by atoms with E-state index in [1.54, 1.807) is 0 Å². The van der Waals surface area contributed by atoms with Gasteiger partial charge in [-0.3, -0.25) is 0 Å². The summed E-state index contributed by atoms with van der Waals surface area (Å²) in [6.45, 7) is 1.41. The lowest BCUT2D eigenvalue weighted by molar-refractivity contribution is 0.0600. The van der Waals surface area contributed by atoms with E-state index in [0.29, 0.717) is 25.6 Å². The third-order valence-electron chi connectivity index (χ3n) is 3.84. The molecule has 0 aliphatic carbocycles. The van der Waals surface area contributed by atoms with E-state index in [4.69, 9.17) is 17.3 Å². The van der Waals surface area contributed by atoms with Gasteiger partial charge >= 0.3 is 5.97 Å². The number of hydrogen-bond acceptors (Lipinski definition) is 5. The zero-order chi connectivity index (χ0) is 16.3. The van der Waals surface area contributed by atoms with Gasteiger partial charge in [0.2, 0.25) is 10.0 Å². The van der Waals surface area contributed by atoms with E-state index in [-0.39, 0.29) is 15.5 Å². The maximum atomic E-state index is 12.7. The second kappa shape index (κ2) is 6.95. The van der Waals surface area contributed by atoms with Crippen LogP contribution in [0.4, 0.5) is 0 Å². The van der Waals surface area contributed by atoms with E-state index in [1.165, 1.54) is 29.6 Å². The number of methoxy groups -OCH3 is 1. The highest BCUT2D eigenvalue weighted by Crippen LogP contribution is 2.26. The number of carbonyl (C=O) groups is 1. The highest BCUT2D eigenvalue weighted by molar-refractivity contribution is 7.89. The quantitative estimate of drug-likeness (QED) is 0.834. The number of ether oxygens (including phenoxy) is 1. The van der Waals surface area contributed by atoms with Crippen LogP contribution in [0.25, 0.3) is 0 Å². The predicted molar refractivity (Wildman–Crippen MR) is 83.3 cm³/mol. The maximum absolute atomic E-state index is 12.7. The first-order chi connectivity index (χ1) is 10.4. The molecule has 2 N–H and O–H groups in total. The number of benzene rings is 1. The third-order valence-corrected chi connectivity index (χ3v) is 5.93. The summed E-state index contributed by atoms with van der Waals surface area (Å²) in [5.74, 6) is -0.266. The molecule has 1 aromatic rings. The van der Waals surface area contributed by atoms with Crippen LogP contribution in [-0.2, 0) is 14.8 Å². The first-order valence-corrected chi connectivity index (χ1v) is 8.79. The van der Waals surface area contributed by atoms with Crippen LogP contribution in [0.5, 0.6) is 0 Å². The normalized spacial score (nSPS) is 17.4. The molecule has 2 rings (SSSR count). The van der Waals surface area contributed by atoms with Crippen molar-refractivity contribution in [3.05, 3.63) is 28.8 Å². The Morgan fingerprint density at radius 2 is 2.00 bits per heavy atom. The molecule has 8 heteroatoms. The molecule has 0 saturated carbocycles. The van der Waals surface area contributed by atoms with Crippen molar-refractivity contribution in [1.82, 2.24) is 4.31 Å². The van der Waals surface area contributed by atoms with Gasteiger partial charge < -0.3 is 10.5 Å². The highest BCUT2D eigenvalue weighted by atomic mass is 35.5. The molecule has 0 aromatic heterocycles. The van der Waals surface area contributed by atoms with E-state index < -0.39 is 16.0 Å². The third kappa shape index (κ3) is 3.60. The number of rotatable bonds is 4. The summed E-state index contributed by atoms with van der Waals surface area (Å²) >= 11 is 5.93. The average Bonchev–Trinajstić information content (AvgIpc) is 2.53. The zero-order valence-corrected chi connectivity index (χ0v) is 13.9. The number of nitrogens with two attached hydrogens (primary N) is 1. The molecule has 0 radical (unpaired) electrons. The van der Waals surface area contributed by atoms with Gasteiger partial charge in [0.15, 0.2) is 0 Å². The van der Waals surface area contributed by atoms with Gasteiger partial charge in [-0.1, -0.05) is 11.6 Å². The Morgan fingerprint density at radius 1 is 1.36 bits per heavy atom. The van der Waals surface area contributed by atoms with Crippen molar-refractivity contribution in [2.75, 3.05) is 26.7 Å². The van der Waals surface area contributed by atoms with Crippen LogP contribution >= 0.6 is 11.6 Å². The van der Waals surface area contributed by atoms with Crippen LogP contribution in [0.2, 0.25) is 5.02 Å². The van der Waals surface area contributed by atoms with Gasteiger partial charge in [0, 0.05) is 18.1 Å². The molecular weight excluding hydrogens is 328 g/mol. The fraction of sp³-hybridized carbons (Fsp3) is 0.500. The van der Waals surface area contributed by atoms with Gasteiger partial charge in [0.1, 0.15) is 0 Å². The summed E-state index contributed by atoms with van der Waals surface area (Å²) in [7, 11) is -2.45. The molecule has 122 valence electrons. The largest absolute Gasteiger partial charge is 0.465 e. The lowest BCUT2D eigenvalue weighted by atomic mass is 9.99. The summed E-state index contributed by atoms with van der Waals surface area (Å²) < 4.78 is 31.4. The minimum Gasteiger partial charge on any atom is -0.465 e. The van der Waals surface area contributed by atoms with E-state index in [2.05, 4.69) is 4.74 Å². The van der Waals surface area contributed by atoms with E-state index in [9.17, 15) is 13.2 Å². The van der Waals surface area contributed by atoms with Crippen LogP contribution in [0.3, 0.4) is 0 Å². The van der Waals surface area contributed by atoms with Gasteiger partial charge in [-0.2, -0.15) is 4.31 Å². The van der Waals surface area contributed by atoms with E-state index in [1.807, 2.05) is 0 Å². The fourth-order valence-electron chi connectivity index (χ4n) is 2.48. The van der Waals surface area contributed by atoms with Crippen molar-refractivity contribution in [3.63, 3.8) is 0 Å². The summed E-state index contributed by atoms with van der Waals surface area (Å²) in [5.41, 5.74) is 5.74. The second-order valence-corrected chi connectivity index (χ2v) is 7.62. The van der Waals surface area contributed by atoms with Crippen molar-refractivity contribution in [3.8, 4) is 0 Å². The van der Waals surface area contributed by atoms with Crippen LogP contribution in [-0.4, -0.2) is 45.4 Å². The molecule has 1 saturated heterocycles. The molecule has 0 unspecified atom stereocenters. The molecule has 0 bridgehead atoms. The van der Waals surface area contributed by atoms with Crippen molar-refractivity contribution >= 4 is 27.6 Å². The minimum atomic E-state index is -3.68. The Bertz CT molecular complexity index is 655. The minimum absolute atomic E-state index is 0.00611. The Labute approximate surface area is 135 Å². The van der Waals surface area contributed by atoms with E-state index in [0.717, 1.165) is 12.8 Å². The standard InChI is InChI=1S/C14H19ClN2O4S/c1-21-14(18)11-6-12(15)8-13(7-11)22(19,20)17-4-2-10(9-16)3-5-17/h6-8,10H,2-5,9,16H2,1H3. The molecule has 0 amide bonds. The molecule has 1 aliphatic rings. The number of piperidine rings is 1. The highest BCUT2D eigenvalue weighted by Gasteiger charge is 2.29.